The zero-order valence-corrected chi connectivity index (χ0v) is 13.5. The Morgan fingerprint density at radius 2 is 2.08 bits per heavy atom. The fourth-order valence-electron chi connectivity index (χ4n) is 3.10. The second-order valence-corrected chi connectivity index (χ2v) is 6.20. The van der Waals surface area contributed by atoms with Crippen molar-refractivity contribution in [1.29, 1.82) is 0 Å². The molecule has 24 heavy (non-hydrogen) atoms. The molecule has 0 amide bonds. The van der Waals surface area contributed by atoms with E-state index in [1.54, 1.807) is 6.20 Å². The maximum absolute atomic E-state index is 11.0. The van der Waals surface area contributed by atoms with Crippen molar-refractivity contribution in [2.24, 2.45) is 5.92 Å². The number of aromatic nitrogens is 1. The third-order valence-corrected chi connectivity index (χ3v) is 4.44. The fourth-order valence-corrected chi connectivity index (χ4v) is 3.10. The van der Waals surface area contributed by atoms with Gasteiger partial charge in [0.1, 0.15) is 18.5 Å². The Labute approximate surface area is 140 Å². The van der Waals surface area contributed by atoms with Crippen molar-refractivity contribution in [3.05, 3.63) is 36.5 Å². The van der Waals surface area contributed by atoms with E-state index in [0.29, 0.717) is 38.2 Å². The molecule has 2 N–H and O–H groups in total. The molecule has 1 fully saturated rings. The van der Waals surface area contributed by atoms with Crippen LogP contribution in [0.3, 0.4) is 0 Å². The van der Waals surface area contributed by atoms with Crippen LogP contribution >= 0.6 is 0 Å². The molecule has 1 aromatic heterocycles. The molecule has 1 aliphatic heterocycles. The number of likely N-dealkylation sites (tertiary alicyclic amines) is 1. The Kier molecular flexibility index (Phi) is 5.27. The molecule has 6 heteroatoms. The number of β-amino-alcohol motifs (C(OH)–C–C–N with tert-alkyl or cyclic N) is 1. The maximum atomic E-state index is 11.0. The Hall–Kier alpha value is -2.18. The van der Waals surface area contributed by atoms with Crippen LogP contribution in [0.2, 0.25) is 0 Å². The Balaban J connectivity index is 1.51. The second kappa shape index (κ2) is 7.59. The van der Waals surface area contributed by atoms with Crippen LogP contribution in [0.1, 0.15) is 12.8 Å². The number of rotatable bonds is 6. The smallest absolute Gasteiger partial charge is 0.306 e. The number of pyridine rings is 1. The lowest BCUT2D eigenvalue weighted by molar-refractivity contribution is -0.143. The average molecular weight is 330 g/mol. The van der Waals surface area contributed by atoms with E-state index in [0.717, 1.165) is 10.9 Å². The van der Waals surface area contributed by atoms with Crippen molar-refractivity contribution in [2.45, 2.75) is 18.9 Å². The zero-order chi connectivity index (χ0) is 16.9. The molecule has 1 aliphatic rings. The average Bonchev–Trinajstić information content (AvgIpc) is 2.60. The van der Waals surface area contributed by atoms with E-state index in [1.807, 2.05) is 30.3 Å². The second-order valence-electron chi connectivity index (χ2n) is 6.20. The third kappa shape index (κ3) is 4.01. The van der Waals surface area contributed by atoms with Crippen LogP contribution in [0.25, 0.3) is 10.9 Å². The molecule has 0 radical (unpaired) electrons. The molecule has 6 nitrogen and oxygen atoms in total. The molecule has 2 aromatic rings. The molecule has 0 saturated carbocycles. The summed E-state index contributed by atoms with van der Waals surface area (Å²) in [4.78, 5) is 17.3. The van der Waals surface area contributed by atoms with Gasteiger partial charge in [0.2, 0.25) is 0 Å². The van der Waals surface area contributed by atoms with Crippen molar-refractivity contribution < 1.29 is 19.7 Å². The third-order valence-electron chi connectivity index (χ3n) is 4.44. The molecular formula is C18H22N2O4. The summed E-state index contributed by atoms with van der Waals surface area (Å²) in [6, 6.07) is 9.48. The molecule has 2 heterocycles. The van der Waals surface area contributed by atoms with E-state index in [-0.39, 0.29) is 12.5 Å². The molecule has 0 spiro atoms. The SMILES string of the molecule is O=C(O)C1CCN(CC(O)COc2cccc3ncccc23)CC1. The van der Waals surface area contributed by atoms with E-state index in [9.17, 15) is 9.90 Å². The van der Waals surface area contributed by atoms with Crippen LogP contribution in [0.4, 0.5) is 0 Å². The number of hydrogen-bond donors (Lipinski definition) is 2. The topological polar surface area (TPSA) is 82.9 Å². The minimum atomic E-state index is -0.719. The minimum Gasteiger partial charge on any atom is -0.490 e. The molecule has 1 saturated heterocycles. The van der Waals surface area contributed by atoms with Gasteiger partial charge in [0.05, 0.1) is 11.4 Å². The molecule has 3 rings (SSSR count). The first-order chi connectivity index (χ1) is 11.6. The molecule has 0 aliphatic carbocycles. The molecule has 1 unspecified atom stereocenters. The normalized spacial score (nSPS) is 17.7. The highest BCUT2D eigenvalue weighted by molar-refractivity contribution is 5.84. The van der Waals surface area contributed by atoms with Gasteiger partial charge in [-0.1, -0.05) is 6.07 Å². The van der Waals surface area contributed by atoms with Gasteiger partial charge in [0, 0.05) is 18.1 Å². The van der Waals surface area contributed by atoms with Gasteiger partial charge in [-0.3, -0.25) is 9.78 Å². The zero-order valence-electron chi connectivity index (χ0n) is 13.5. The number of benzene rings is 1. The molecule has 1 atom stereocenters. The van der Waals surface area contributed by atoms with Crippen molar-refractivity contribution >= 4 is 16.9 Å². The summed E-state index contributed by atoms with van der Waals surface area (Å²) in [6.07, 6.45) is 2.40. The summed E-state index contributed by atoms with van der Waals surface area (Å²) in [7, 11) is 0. The van der Waals surface area contributed by atoms with Gasteiger partial charge in [-0.05, 0) is 50.2 Å². The lowest BCUT2D eigenvalue weighted by Crippen LogP contribution is -2.42. The standard InChI is InChI=1S/C18H22N2O4/c21-14(11-20-9-6-13(7-10-20)18(22)23)12-24-17-5-1-4-16-15(17)3-2-8-19-16/h1-5,8,13-14,21H,6-7,9-12H2,(H,22,23). The highest BCUT2D eigenvalue weighted by atomic mass is 16.5. The van der Waals surface area contributed by atoms with Crippen molar-refractivity contribution in [2.75, 3.05) is 26.2 Å². The number of carboxylic acids is 1. The maximum Gasteiger partial charge on any atom is 0.306 e. The number of aliphatic hydroxyl groups excluding tert-OH is 1. The minimum absolute atomic E-state index is 0.201. The molecular weight excluding hydrogens is 308 g/mol. The first-order valence-electron chi connectivity index (χ1n) is 8.23. The monoisotopic (exact) mass is 330 g/mol. The van der Waals surface area contributed by atoms with Crippen LogP contribution in [0, 0.1) is 5.92 Å². The number of piperidine rings is 1. The Morgan fingerprint density at radius 1 is 1.29 bits per heavy atom. The number of fused-ring (bicyclic) bond motifs is 1. The van der Waals surface area contributed by atoms with Crippen LogP contribution in [0.15, 0.2) is 36.5 Å². The lowest BCUT2D eigenvalue weighted by Gasteiger charge is -2.31. The number of carbonyl (C=O) groups is 1. The number of hydrogen-bond acceptors (Lipinski definition) is 5. The number of nitrogens with zero attached hydrogens (tertiary/aromatic N) is 2. The van der Waals surface area contributed by atoms with Crippen molar-refractivity contribution in [3.8, 4) is 5.75 Å². The predicted octanol–water partition coefficient (Wildman–Crippen LogP) is 1.77. The first kappa shape index (κ1) is 16.7. The van der Waals surface area contributed by atoms with Gasteiger partial charge in [0.25, 0.3) is 0 Å². The number of ether oxygens (including phenoxy) is 1. The lowest BCUT2D eigenvalue weighted by atomic mass is 9.97. The van der Waals surface area contributed by atoms with Gasteiger partial charge in [0.15, 0.2) is 0 Å². The Morgan fingerprint density at radius 3 is 2.83 bits per heavy atom. The summed E-state index contributed by atoms with van der Waals surface area (Å²) >= 11 is 0. The van der Waals surface area contributed by atoms with Gasteiger partial charge in [-0.25, -0.2) is 0 Å². The van der Waals surface area contributed by atoms with E-state index >= 15 is 0 Å². The summed E-state index contributed by atoms with van der Waals surface area (Å²) < 4.78 is 5.77. The van der Waals surface area contributed by atoms with Gasteiger partial charge in [-0.15, -0.1) is 0 Å². The first-order valence-corrected chi connectivity index (χ1v) is 8.23. The molecule has 0 bridgehead atoms. The van der Waals surface area contributed by atoms with Crippen LogP contribution in [-0.4, -0.2) is 58.4 Å². The van der Waals surface area contributed by atoms with Crippen molar-refractivity contribution in [3.63, 3.8) is 0 Å². The highest BCUT2D eigenvalue weighted by Gasteiger charge is 2.25. The predicted molar refractivity (Wildman–Crippen MR) is 90.0 cm³/mol. The van der Waals surface area contributed by atoms with Gasteiger partial charge < -0.3 is 19.8 Å². The van der Waals surface area contributed by atoms with Crippen molar-refractivity contribution in [1.82, 2.24) is 9.88 Å². The summed E-state index contributed by atoms with van der Waals surface area (Å²) in [5, 5.41) is 20.1. The number of carboxylic acid groups (broad SMARTS) is 1. The van der Waals surface area contributed by atoms with E-state index in [1.165, 1.54) is 0 Å². The van der Waals surface area contributed by atoms with Gasteiger partial charge >= 0.3 is 5.97 Å². The van der Waals surface area contributed by atoms with Crippen LogP contribution in [0.5, 0.6) is 5.75 Å². The molecule has 1 aromatic carbocycles. The quantitative estimate of drug-likeness (QED) is 0.840. The Bertz CT molecular complexity index is 693. The van der Waals surface area contributed by atoms with Crippen LogP contribution in [-0.2, 0) is 4.79 Å². The summed E-state index contributed by atoms with van der Waals surface area (Å²) in [5.74, 6) is -0.259. The largest absolute Gasteiger partial charge is 0.490 e. The van der Waals surface area contributed by atoms with E-state index < -0.39 is 12.1 Å². The highest BCUT2D eigenvalue weighted by Crippen LogP contribution is 2.24. The van der Waals surface area contributed by atoms with E-state index in [4.69, 9.17) is 9.84 Å². The van der Waals surface area contributed by atoms with Crippen LogP contribution < -0.4 is 4.74 Å². The fraction of sp³-hybridized carbons (Fsp3) is 0.444. The summed E-state index contributed by atoms with van der Waals surface area (Å²) in [5.41, 5.74) is 0.861. The number of aliphatic hydroxyl groups is 1. The van der Waals surface area contributed by atoms with Gasteiger partial charge in [-0.2, -0.15) is 0 Å². The molecule has 128 valence electrons. The number of aliphatic carboxylic acids is 1. The summed E-state index contributed by atoms with van der Waals surface area (Å²) in [6.45, 7) is 2.10. The van der Waals surface area contributed by atoms with E-state index in [2.05, 4.69) is 9.88 Å².